The molecule has 7 nitrogen and oxygen atoms in total. The number of rotatable bonds is 8. The summed E-state index contributed by atoms with van der Waals surface area (Å²) in [6, 6.07) is 12.7. The Bertz CT molecular complexity index is 901. The standard InChI is InChI=1S/C22H22N2O5/c1-2-3-6-13-29-22(28)15-9-11-16(12-10-15)23-19(25)14-24-20(26)17-7-4-5-8-18(17)21(24)27/h4-5,7-12H,2-3,6,13-14H2,1H3,(H,23,25). The van der Waals surface area contributed by atoms with E-state index >= 15 is 0 Å². The molecule has 1 N–H and O–H groups in total. The molecule has 1 heterocycles. The predicted octanol–water partition coefficient (Wildman–Crippen LogP) is 3.27. The Morgan fingerprint density at radius 3 is 2.14 bits per heavy atom. The number of carbonyl (C=O) groups is 4. The van der Waals surface area contributed by atoms with Crippen molar-refractivity contribution in [2.75, 3.05) is 18.5 Å². The van der Waals surface area contributed by atoms with Crippen LogP contribution in [0.2, 0.25) is 0 Å². The fourth-order valence-corrected chi connectivity index (χ4v) is 3.02. The summed E-state index contributed by atoms with van der Waals surface area (Å²) in [5.74, 6) is -1.89. The molecular formula is C22H22N2O5. The van der Waals surface area contributed by atoms with Crippen molar-refractivity contribution in [3.05, 3.63) is 65.2 Å². The highest BCUT2D eigenvalue weighted by Gasteiger charge is 2.36. The van der Waals surface area contributed by atoms with Crippen molar-refractivity contribution < 1.29 is 23.9 Å². The van der Waals surface area contributed by atoms with Gasteiger partial charge in [-0.3, -0.25) is 19.3 Å². The van der Waals surface area contributed by atoms with Crippen molar-refractivity contribution >= 4 is 29.4 Å². The van der Waals surface area contributed by atoms with Crippen LogP contribution < -0.4 is 5.32 Å². The topological polar surface area (TPSA) is 92.8 Å². The van der Waals surface area contributed by atoms with E-state index < -0.39 is 23.7 Å². The number of hydrogen-bond acceptors (Lipinski definition) is 5. The zero-order valence-electron chi connectivity index (χ0n) is 16.1. The molecule has 7 heteroatoms. The van der Waals surface area contributed by atoms with Gasteiger partial charge in [0.25, 0.3) is 11.8 Å². The molecule has 0 saturated heterocycles. The van der Waals surface area contributed by atoms with Gasteiger partial charge in [0.1, 0.15) is 6.54 Å². The van der Waals surface area contributed by atoms with Gasteiger partial charge in [-0.1, -0.05) is 31.9 Å². The zero-order chi connectivity index (χ0) is 20.8. The molecule has 0 bridgehead atoms. The third-order valence-electron chi connectivity index (χ3n) is 4.57. The van der Waals surface area contributed by atoms with Crippen LogP contribution in [0, 0.1) is 0 Å². The van der Waals surface area contributed by atoms with Crippen molar-refractivity contribution in [3.8, 4) is 0 Å². The molecule has 0 aromatic heterocycles. The largest absolute Gasteiger partial charge is 0.462 e. The van der Waals surface area contributed by atoms with E-state index in [4.69, 9.17) is 4.74 Å². The van der Waals surface area contributed by atoms with Gasteiger partial charge in [0.15, 0.2) is 0 Å². The second-order valence-corrected chi connectivity index (χ2v) is 6.71. The fraction of sp³-hybridized carbons (Fsp3) is 0.273. The highest BCUT2D eigenvalue weighted by molar-refractivity contribution is 6.22. The summed E-state index contributed by atoms with van der Waals surface area (Å²) < 4.78 is 5.19. The van der Waals surface area contributed by atoms with E-state index in [9.17, 15) is 19.2 Å². The molecule has 0 unspecified atom stereocenters. The third kappa shape index (κ3) is 4.68. The summed E-state index contributed by atoms with van der Waals surface area (Å²) in [7, 11) is 0. The third-order valence-corrected chi connectivity index (χ3v) is 4.57. The minimum absolute atomic E-state index is 0.298. The van der Waals surface area contributed by atoms with Crippen molar-refractivity contribution in [1.82, 2.24) is 4.90 Å². The molecule has 0 fully saturated rings. The molecule has 2 aromatic rings. The van der Waals surface area contributed by atoms with E-state index in [0.717, 1.165) is 24.2 Å². The Hall–Kier alpha value is -3.48. The van der Waals surface area contributed by atoms with Crippen molar-refractivity contribution in [2.24, 2.45) is 0 Å². The summed E-state index contributed by atoms with van der Waals surface area (Å²) in [4.78, 5) is 49.8. The van der Waals surface area contributed by atoms with Gasteiger partial charge in [0.05, 0.1) is 23.3 Å². The van der Waals surface area contributed by atoms with Crippen LogP contribution in [-0.2, 0) is 9.53 Å². The van der Waals surface area contributed by atoms with Crippen molar-refractivity contribution in [3.63, 3.8) is 0 Å². The fourth-order valence-electron chi connectivity index (χ4n) is 3.02. The van der Waals surface area contributed by atoms with Gasteiger partial charge in [-0.25, -0.2) is 4.79 Å². The van der Waals surface area contributed by atoms with Crippen molar-refractivity contribution in [1.29, 1.82) is 0 Å². The smallest absolute Gasteiger partial charge is 0.338 e. The number of nitrogens with one attached hydrogen (secondary N) is 1. The Balaban J connectivity index is 1.54. The van der Waals surface area contributed by atoms with Crippen LogP contribution in [0.25, 0.3) is 0 Å². The van der Waals surface area contributed by atoms with Crippen molar-refractivity contribution in [2.45, 2.75) is 26.2 Å². The minimum Gasteiger partial charge on any atom is -0.462 e. The highest BCUT2D eigenvalue weighted by atomic mass is 16.5. The van der Waals surface area contributed by atoms with Crippen LogP contribution in [0.15, 0.2) is 48.5 Å². The maximum Gasteiger partial charge on any atom is 0.338 e. The van der Waals surface area contributed by atoms with Gasteiger partial charge in [-0.2, -0.15) is 0 Å². The van der Waals surface area contributed by atoms with Gasteiger partial charge < -0.3 is 10.1 Å². The Kier molecular flexibility index (Phi) is 6.39. The number of esters is 1. The van der Waals surface area contributed by atoms with Gasteiger partial charge in [0, 0.05) is 5.69 Å². The number of hydrogen-bond donors (Lipinski definition) is 1. The van der Waals surface area contributed by atoms with Gasteiger partial charge in [0.2, 0.25) is 5.91 Å². The summed E-state index contributed by atoms with van der Waals surface area (Å²) >= 11 is 0. The molecule has 3 rings (SSSR count). The van der Waals surface area contributed by atoms with Gasteiger partial charge in [-0.05, 0) is 42.8 Å². The lowest BCUT2D eigenvalue weighted by Crippen LogP contribution is -2.37. The van der Waals surface area contributed by atoms with Crippen LogP contribution in [0.3, 0.4) is 0 Å². The second-order valence-electron chi connectivity index (χ2n) is 6.71. The average Bonchev–Trinajstić information content (AvgIpc) is 2.97. The molecule has 0 atom stereocenters. The first-order chi connectivity index (χ1) is 14.0. The Morgan fingerprint density at radius 1 is 0.931 bits per heavy atom. The summed E-state index contributed by atoms with van der Waals surface area (Å²) in [6.07, 6.45) is 2.88. The number of imide groups is 1. The summed E-state index contributed by atoms with van der Waals surface area (Å²) in [5.41, 5.74) is 1.44. The molecule has 1 aliphatic heterocycles. The Morgan fingerprint density at radius 2 is 1.55 bits per heavy atom. The SMILES string of the molecule is CCCCCOC(=O)c1ccc(NC(=O)CN2C(=O)c3ccccc3C2=O)cc1. The van der Waals surface area contributed by atoms with E-state index in [1.165, 1.54) is 0 Å². The van der Waals surface area contributed by atoms with Crippen LogP contribution in [-0.4, -0.2) is 41.7 Å². The van der Waals surface area contributed by atoms with E-state index in [1.54, 1.807) is 48.5 Å². The summed E-state index contributed by atoms with van der Waals surface area (Å²) in [5, 5.41) is 2.63. The molecule has 1 aliphatic rings. The quantitative estimate of drug-likeness (QED) is 0.421. The van der Waals surface area contributed by atoms with Crippen LogP contribution in [0.5, 0.6) is 0 Å². The van der Waals surface area contributed by atoms with E-state index in [2.05, 4.69) is 12.2 Å². The van der Waals surface area contributed by atoms with Gasteiger partial charge >= 0.3 is 5.97 Å². The molecule has 0 spiro atoms. The molecule has 3 amide bonds. The number of carbonyl (C=O) groups excluding carboxylic acids is 4. The van der Waals surface area contributed by atoms with Crippen LogP contribution in [0.1, 0.15) is 57.3 Å². The normalized spacial score (nSPS) is 12.7. The number of amides is 3. The summed E-state index contributed by atoms with van der Waals surface area (Å²) in [6.45, 7) is 2.07. The Labute approximate surface area is 168 Å². The molecule has 0 aliphatic carbocycles. The highest BCUT2D eigenvalue weighted by Crippen LogP contribution is 2.22. The molecule has 150 valence electrons. The number of ether oxygens (including phenoxy) is 1. The zero-order valence-corrected chi connectivity index (χ0v) is 16.1. The predicted molar refractivity (Wildman–Crippen MR) is 107 cm³/mol. The number of anilines is 1. The van der Waals surface area contributed by atoms with E-state index in [0.29, 0.717) is 29.0 Å². The van der Waals surface area contributed by atoms with Crippen LogP contribution in [0.4, 0.5) is 5.69 Å². The van der Waals surface area contributed by atoms with E-state index in [1.807, 2.05) is 0 Å². The van der Waals surface area contributed by atoms with Gasteiger partial charge in [-0.15, -0.1) is 0 Å². The number of unbranched alkanes of at least 4 members (excludes halogenated alkanes) is 2. The lowest BCUT2D eigenvalue weighted by atomic mass is 10.1. The van der Waals surface area contributed by atoms with E-state index in [-0.39, 0.29) is 6.54 Å². The minimum atomic E-state index is -0.505. The van der Waals surface area contributed by atoms with Crippen LogP contribution >= 0.6 is 0 Å². The molecule has 0 radical (unpaired) electrons. The maximum atomic E-state index is 12.3. The monoisotopic (exact) mass is 394 g/mol. The number of nitrogens with zero attached hydrogens (tertiary/aromatic N) is 1. The average molecular weight is 394 g/mol. The molecule has 29 heavy (non-hydrogen) atoms. The molecular weight excluding hydrogens is 372 g/mol. The first-order valence-corrected chi connectivity index (χ1v) is 9.53. The maximum absolute atomic E-state index is 12.3. The second kappa shape index (κ2) is 9.14. The lowest BCUT2D eigenvalue weighted by molar-refractivity contribution is -0.116. The molecule has 0 saturated carbocycles. The first kappa shape index (κ1) is 20.3. The first-order valence-electron chi connectivity index (χ1n) is 9.53. The number of benzene rings is 2. The lowest BCUT2D eigenvalue weighted by Gasteiger charge is -2.13. The number of fused-ring (bicyclic) bond motifs is 1. The molecule has 2 aromatic carbocycles.